The second-order valence-corrected chi connectivity index (χ2v) is 10.1. The highest BCUT2D eigenvalue weighted by Crippen LogP contribution is 2.36. The Hall–Kier alpha value is -4.05. The van der Waals surface area contributed by atoms with Crippen LogP contribution >= 0.6 is 0 Å². The molecule has 1 atom stereocenters. The number of esters is 1. The summed E-state index contributed by atoms with van der Waals surface area (Å²) in [5, 5.41) is 0. The molecule has 3 aromatic rings. The summed E-state index contributed by atoms with van der Waals surface area (Å²) in [7, 11) is -2.89. The molecule has 9 nitrogen and oxygen atoms in total. The number of amides is 1. The number of hydrogen-bond acceptors (Lipinski definition) is 8. The molecule has 4 rings (SSSR count). The molecule has 10 heteroatoms. The summed E-state index contributed by atoms with van der Waals surface area (Å²) in [5.74, 6) is -0.138. The van der Waals surface area contributed by atoms with Crippen LogP contribution in [-0.2, 0) is 26.0 Å². The van der Waals surface area contributed by atoms with Crippen molar-refractivity contribution < 1.29 is 37.0 Å². The SMILES string of the molecule is CCCc1cc(C(=O)OC)ccc1OC(C(=O)NS(=O)(=O)c1ccccc1C)c1ccc2c(c1)OCO2. The fourth-order valence-electron chi connectivity index (χ4n) is 3.98. The molecule has 0 saturated heterocycles. The number of carbonyl (C=O) groups excluding carboxylic acids is 2. The van der Waals surface area contributed by atoms with E-state index >= 15 is 0 Å². The average Bonchev–Trinajstić information content (AvgIpc) is 3.35. The Labute approximate surface area is 215 Å². The maximum absolute atomic E-state index is 13.5. The number of aryl methyl sites for hydroxylation is 2. The Morgan fingerprint density at radius 3 is 2.51 bits per heavy atom. The van der Waals surface area contributed by atoms with E-state index < -0.39 is 28.0 Å². The minimum Gasteiger partial charge on any atom is -0.475 e. The topological polar surface area (TPSA) is 117 Å². The van der Waals surface area contributed by atoms with Crippen LogP contribution in [0.3, 0.4) is 0 Å². The number of hydrogen-bond donors (Lipinski definition) is 1. The smallest absolute Gasteiger partial charge is 0.337 e. The molecule has 1 N–H and O–H groups in total. The van der Waals surface area contributed by atoms with Crippen molar-refractivity contribution in [2.24, 2.45) is 0 Å². The maximum Gasteiger partial charge on any atom is 0.337 e. The summed E-state index contributed by atoms with van der Waals surface area (Å²) in [6.45, 7) is 3.64. The van der Waals surface area contributed by atoms with E-state index in [0.717, 1.165) is 6.42 Å². The molecule has 3 aromatic carbocycles. The van der Waals surface area contributed by atoms with Gasteiger partial charge in [-0.05, 0) is 60.9 Å². The van der Waals surface area contributed by atoms with Crippen molar-refractivity contribution in [3.63, 3.8) is 0 Å². The van der Waals surface area contributed by atoms with E-state index in [9.17, 15) is 18.0 Å². The van der Waals surface area contributed by atoms with Crippen molar-refractivity contribution in [1.82, 2.24) is 4.72 Å². The van der Waals surface area contributed by atoms with Crippen LogP contribution < -0.4 is 18.9 Å². The van der Waals surface area contributed by atoms with E-state index in [1.165, 1.54) is 19.2 Å². The molecule has 0 bridgehead atoms. The first-order valence-corrected chi connectivity index (χ1v) is 13.1. The molecule has 1 aliphatic rings. The fraction of sp³-hybridized carbons (Fsp3) is 0.259. The van der Waals surface area contributed by atoms with Gasteiger partial charge in [-0.15, -0.1) is 0 Å². The summed E-state index contributed by atoms with van der Waals surface area (Å²) in [4.78, 5) is 25.5. The molecule has 0 fully saturated rings. The third kappa shape index (κ3) is 5.69. The van der Waals surface area contributed by atoms with Crippen molar-refractivity contribution in [3.05, 3.63) is 82.9 Å². The maximum atomic E-state index is 13.5. The minimum atomic E-state index is -4.19. The molecule has 1 heterocycles. The number of nitrogens with one attached hydrogen (secondary N) is 1. The Morgan fingerprint density at radius 1 is 1.03 bits per heavy atom. The monoisotopic (exact) mass is 525 g/mol. The van der Waals surface area contributed by atoms with Crippen LogP contribution in [0.5, 0.6) is 17.2 Å². The van der Waals surface area contributed by atoms with E-state index in [1.807, 2.05) is 6.92 Å². The molecule has 37 heavy (non-hydrogen) atoms. The number of fused-ring (bicyclic) bond motifs is 1. The van der Waals surface area contributed by atoms with Gasteiger partial charge in [0.15, 0.2) is 11.5 Å². The fourth-order valence-corrected chi connectivity index (χ4v) is 5.21. The van der Waals surface area contributed by atoms with Gasteiger partial charge in [0, 0.05) is 5.56 Å². The van der Waals surface area contributed by atoms with Crippen LogP contribution in [0.2, 0.25) is 0 Å². The third-order valence-electron chi connectivity index (χ3n) is 5.80. The highest BCUT2D eigenvalue weighted by atomic mass is 32.2. The summed E-state index contributed by atoms with van der Waals surface area (Å²) in [6, 6.07) is 15.9. The lowest BCUT2D eigenvalue weighted by Gasteiger charge is -2.22. The first kappa shape index (κ1) is 26.0. The molecule has 0 radical (unpaired) electrons. The van der Waals surface area contributed by atoms with Crippen molar-refractivity contribution in [1.29, 1.82) is 0 Å². The van der Waals surface area contributed by atoms with Gasteiger partial charge >= 0.3 is 5.97 Å². The largest absolute Gasteiger partial charge is 0.475 e. The van der Waals surface area contributed by atoms with Gasteiger partial charge in [-0.1, -0.05) is 37.6 Å². The van der Waals surface area contributed by atoms with Crippen molar-refractivity contribution in [3.8, 4) is 17.2 Å². The molecule has 0 aromatic heterocycles. The lowest BCUT2D eigenvalue weighted by atomic mass is 10.0. The predicted octanol–water partition coefficient (Wildman–Crippen LogP) is 4.09. The van der Waals surface area contributed by atoms with Crippen LogP contribution in [0.25, 0.3) is 0 Å². The zero-order chi connectivity index (χ0) is 26.6. The Kier molecular flexibility index (Phi) is 7.68. The summed E-state index contributed by atoms with van der Waals surface area (Å²) >= 11 is 0. The van der Waals surface area contributed by atoms with Gasteiger partial charge in [0.05, 0.1) is 17.6 Å². The Morgan fingerprint density at radius 2 is 1.78 bits per heavy atom. The first-order chi connectivity index (χ1) is 17.7. The van der Waals surface area contributed by atoms with Crippen LogP contribution in [0.15, 0.2) is 65.6 Å². The zero-order valence-corrected chi connectivity index (χ0v) is 21.5. The molecule has 0 spiro atoms. The minimum absolute atomic E-state index is 0.0121. The number of ether oxygens (including phenoxy) is 4. The van der Waals surface area contributed by atoms with Crippen molar-refractivity contribution in [2.45, 2.75) is 37.7 Å². The zero-order valence-electron chi connectivity index (χ0n) is 20.6. The molecule has 1 aliphatic heterocycles. The van der Waals surface area contributed by atoms with Crippen molar-refractivity contribution in [2.75, 3.05) is 13.9 Å². The van der Waals surface area contributed by atoms with Crippen LogP contribution in [0.1, 0.15) is 46.5 Å². The van der Waals surface area contributed by atoms with Gasteiger partial charge < -0.3 is 18.9 Å². The molecular weight excluding hydrogens is 498 g/mol. The van der Waals surface area contributed by atoms with Crippen LogP contribution in [0, 0.1) is 6.92 Å². The molecule has 194 valence electrons. The normalized spacial score (nSPS) is 13.1. The summed E-state index contributed by atoms with van der Waals surface area (Å²) in [5.41, 5.74) is 1.86. The molecule has 1 amide bonds. The second kappa shape index (κ2) is 10.9. The summed E-state index contributed by atoms with van der Waals surface area (Å²) in [6.07, 6.45) is -0.0615. The second-order valence-electron chi connectivity index (χ2n) is 8.41. The van der Waals surface area contributed by atoms with Crippen molar-refractivity contribution >= 4 is 21.9 Å². The number of sulfonamides is 1. The quantitative estimate of drug-likeness (QED) is 0.415. The van der Waals surface area contributed by atoms with E-state index in [-0.39, 0.29) is 11.7 Å². The third-order valence-corrected chi connectivity index (χ3v) is 7.31. The molecule has 0 saturated carbocycles. The number of methoxy groups -OCH3 is 1. The Balaban J connectivity index is 1.72. The van der Waals surface area contributed by atoms with E-state index in [0.29, 0.717) is 45.9 Å². The molecular formula is C27H27NO8S. The number of rotatable bonds is 9. The predicted molar refractivity (Wildman–Crippen MR) is 134 cm³/mol. The highest BCUT2D eigenvalue weighted by Gasteiger charge is 2.30. The van der Waals surface area contributed by atoms with E-state index in [2.05, 4.69) is 4.72 Å². The molecule has 1 unspecified atom stereocenters. The average molecular weight is 526 g/mol. The van der Waals surface area contributed by atoms with Gasteiger partial charge in [-0.3, -0.25) is 4.79 Å². The first-order valence-electron chi connectivity index (χ1n) is 11.6. The van der Waals surface area contributed by atoms with Gasteiger partial charge in [0.1, 0.15) is 5.75 Å². The van der Waals surface area contributed by atoms with Gasteiger partial charge in [-0.2, -0.15) is 0 Å². The Bertz CT molecular complexity index is 1430. The van der Waals surface area contributed by atoms with Crippen LogP contribution in [-0.4, -0.2) is 34.2 Å². The number of carbonyl (C=O) groups is 2. The lowest BCUT2D eigenvalue weighted by Crippen LogP contribution is -2.37. The van der Waals surface area contributed by atoms with Crippen LogP contribution in [0.4, 0.5) is 0 Å². The van der Waals surface area contributed by atoms with Gasteiger partial charge in [0.25, 0.3) is 15.9 Å². The molecule has 0 aliphatic carbocycles. The number of benzene rings is 3. The lowest BCUT2D eigenvalue weighted by molar-refractivity contribution is -0.126. The highest BCUT2D eigenvalue weighted by molar-refractivity contribution is 7.90. The standard InChI is InChI=1S/C27H27NO8S/c1-4-7-18-14-20(27(30)33-3)11-12-21(18)36-25(19-10-13-22-23(15-19)35-16-34-22)26(29)28-37(31,32)24-9-6-5-8-17(24)2/h5-6,8-15,25H,4,7,16H2,1-3H3,(H,28,29). The van der Waals surface area contributed by atoms with Gasteiger partial charge in [-0.25, -0.2) is 17.9 Å². The van der Waals surface area contributed by atoms with E-state index in [4.69, 9.17) is 18.9 Å². The summed E-state index contributed by atoms with van der Waals surface area (Å²) < 4.78 is 50.1. The van der Waals surface area contributed by atoms with Gasteiger partial charge in [0.2, 0.25) is 12.9 Å². The van der Waals surface area contributed by atoms with E-state index in [1.54, 1.807) is 55.5 Å².